The van der Waals surface area contributed by atoms with Crippen LogP contribution in [0.1, 0.15) is 85.5 Å². The Morgan fingerprint density at radius 2 is 1.64 bits per heavy atom. The monoisotopic (exact) mass is 544 g/mol. The summed E-state index contributed by atoms with van der Waals surface area (Å²) in [5.74, 6) is 0.447. The molecule has 4 fully saturated rings. The molecule has 11 atom stereocenters. The van der Waals surface area contributed by atoms with Crippen molar-refractivity contribution in [2.24, 2.45) is 45.8 Å². The Labute approximate surface area is 232 Å². The Bertz CT molecular complexity index is 1010. The average Bonchev–Trinajstić information content (AvgIpc) is 3.41. The Morgan fingerprint density at radius 3 is 2.33 bits per heavy atom. The van der Waals surface area contributed by atoms with Crippen LogP contribution in [0.15, 0.2) is 12.2 Å². The fourth-order valence-electron chi connectivity index (χ4n) is 10.4. The van der Waals surface area contributed by atoms with Crippen LogP contribution in [0.4, 0.5) is 0 Å². The first-order valence-corrected chi connectivity index (χ1v) is 15.2. The van der Waals surface area contributed by atoms with Crippen LogP contribution in [0.3, 0.4) is 0 Å². The molecular weight excluding hydrogens is 496 g/mol. The number of hydrogen-bond donors (Lipinski definition) is 4. The summed E-state index contributed by atoms with van der Waals surface area (Å²) in [7, 11) is 0. The number of fused-ring (bicyclic) bond motifs is 5. The van der Waals surface area contributed by atoms with Gasteiger partial charge >= 0.3 is 0 Å². The number of nitrogens with one attached hydrogen (secondary N) is 1. The summed E-state index contributed by atoms with van der Waals surface area (Å²) >= 11 is 0. The van der Waals surface area contributed by atoms with Gasteiger partial charge in [-0.1, -0.05) is 27.7 Å². The van der Waals surface area contributed by atoms with Crippen molar-refractivity contribution in [3.8, 4) is 0 Å². The lowest BCUT2D eigenvalue weighted by molar-refractivity contribution is -0.251. The Morgan fingerprint density at radius 1 is 0.974 bits per heavy atom. The van der Waals surface area contributed by atoms with Crippen LogP contribution in [0.2, 0.25) is 0 Å². The molecular formula is C31H48N2O6. The Kier molecular flexibility index (Phi) is 7.56. The lowest BCUT2D eigenvalue weighted by atomic mass is 9.38. The van der Waals surface area contributed by atoms with Crippen LogP contribution < -0.4 is 5.32 Å². The topological polar surface area (TPSA) is 127 Å². The van der Waals surface area contributed by atoms with Crippen molar-refractivity contribution >= 4 is 17.7 Å². The molecule has 0 unspecified atom stereocenters. The molecule has 0 bridgehead atoms. The van der Waals surface area contributed by atoms with Gasteiger partial charge in [0, 0.05) is 37.1 Å². The van der Waals surface area contributed by atoms with E-state index < -0.39 is 12.2 Å². The molecule has 4 N–H and O–H groups in total. The van der Waals surface area contributed by atoms with Crippen LogP contribution in [0.5, 0.6) is 0 Å². The molecule has 39 heavy (non-hydrogen) atoms. The van der Waals surface area contributed by atoms with Gasteiger partial charge in [-0.3, -0.25) is 19.3 Å². The van der Waals surface area contributed by atoms with Gasteiger partial charge in [0.15, 0.2) is 0 Å². The molecule has 1 aliphatic heterocycles. The second-order valence-electron chi connectivity index (χ2n) is 14.2. The number of carbonyl (C=O) groups is 3. The summed E-state index contributed by atoms with van der Waals surface area (Å²) in [6.45, 7) is 9.48. The number of nitrogens with zero attached hydrogens (tertiary/aromatic N) is 1. The highest BCUT2D eigenvalue weighted by Crippen LogP contribution is 2.72. The molecule has 8 nitrogen and oxygen atoms in total. The van der Waals surface area contributed by atoms with E-state index in [1.807, 2.05) is 0 Å². The predicted molar refractivity (Wildman–Crippen MR) is 146 cm³/mol. The third-order valence-corrected chi connectivity index (χ3v) is 12.6. The van der Waals surface area contributed by atoms with Gasteiger partial charge in [-0.2, -0.15) is 0 Å². The molecule has 218 valence electrons. The minimum absolute atomic E-state index is 0.0255. The van der Waals surface area contributed by atoms with Gasteiger partial charge in [-0.15, -0.1) is 0 Å². The molecule has 8 heteroatoms. The first-order chi connectivity index (χ1) is 18.3. The maximum absolute atomic E-state index is 12.6. The van der Waals surface area contributed by atoms with E-state index in [0.717, 1.165) is 43.4 Å². The highest BCUT2D eigenvalue weighted by atomic mass is 16.3. The van der Waals surface area contributed by atoms with Gasteiger partial charge in [0.2, 0.25) is 5.91 Å². The highest BCUT2D eigenvalue weighted by molar-refractivity contribution is 6.12. The van der Waals surface area contributed by atoms with E-state index in [9.17, 15) is 29.7 Å². The van der Waals surface area contributed by atoms with E-state index in [0.29, 0.717) is 25.2 Å². The normalized spacial score (nSPS) is 46.0. The van der Waals surface area contributed by atoms with Gasteiger partial charge < -0.3 is 20.6 Å². The largest absolute Gasteiger partial charge is 0.393 e. The molecule has 5 rings (SSSR count). The number of amides is 3. The number of aliphatic hydroxyl groups is 3. The van der Waals surface area contributed by atoms with Gasteiger partial charge in [0.1, 0.15) is 0 Å². The lowest BCUT2D eigenvalue weighted by Crippen LogP contribution is -2.67. The summed E-state index contributed by atoms with van der Waals surface area (Å²) in [6, 6.07) is 0. The zero-order valence-electron chi connectivity index (χ0n) is 24.1. The van der Waals surface area contributed by atoms with Crippen molar-refractivity contribution < 1.29 is 29.7 Å². The maximum Gasteiger partial charge on any atom is 0.253 e. The molecule has 0 aromatic heterocycles. The van der Waals surface area contributed by atoms with Crippen molar-refractivity contribution in [2.75, 3.05) is 13.1 Å². The van der Waals surface area contributed by atoms with E-state index in [4.69, 9.17) is 0 Å². The van der Waals surface area contributed by atoms with Gasteiger partial charge in [-0.25, -0.2) is 0 Å². The second-order valence-corrected chi connectivity index (χ2v) is 14.2. The second kappa shape index (κ2) is 10.3. The lowest BCUT2D eigenvalue weighted by Gasteiger charge is -2.68. The van der Waals surface area contributed by atoms with Gasteiger partial charge in [0.05, 0.1) is 18.3 Å². The molecule has 0 radical (unpaired) electrons. The van der Waals surface area contributed by atoms with E-state index >= 15 is 0 Å². The summed E-state index contributed by atoms with van der Waals surface area (Å²) < 4.78 is 0. The van der Waals surface area contributed by atoms with Crippen molar-refractivity contribution in [1.82, 2.24) is 10.2 Å². The Hall–Kier alpha value is -1.77. The molecule has 0 spiro atoms. The van der Waals surface area contributed by atoms with E-state index in [1.165, 1.54) is 12.2 Å². The quantitative estimate of drug-likeness (QED) is 0.365. The van der Waals surface area contributed by atoms with Gasteiger partial charge in [0.25, 0.3) is 11.8 Å². The molecule has 0 aromatic carbocycles. The first-order valence-electron chi connectivity index (χ1n) is 15.2. The average molecular weight is 545 g/mol. The van der Waals surface area contributed by atoms with Crippen LogP contribution in [0, 0.1) is 45.8 Å². The minimum Gasteiger partial charge on any atom is -0.393 e. The Balaban J connectivity index is 1.23. The summed E-state index contributed by atoms with van der Waals surface area (Å²) in [4.78, 5) is 37.1. The van der Waals surface area contributed by atoms with Gasteiger partial charge in [-0.05, 0) is 91.8 Å². The number of hydrogen-bond acceptors (Lipinski definition) is 6. The SMILES string of the molecule is C[C@H](CCC(=O)NCCN1C(=O)C=CC1=O)[C@H]1CC[C@@H]2[C@]1(C)[C@@H](O)C[C@@H]1[C@@]3(C)CC[C@@H](O)C[C@H]3C[C@@H](O)[C@@]21C. The molecule has 0 saturated heterocycles. The molecule has 0 aromatic rings. The maximum atomic E-state index is 12.6. The summed E-state index contributed by atoms with van der Waals surface area (Å²) in [6.07, 6.45) is 8.27. The van der Waals surface area contributed by atoms with Crippen LogP contribution in [-0.4, -0.2) is 69.3 Å². The number of aliphatic hydroxyl groups excluding tert-OH is 3. The number of imide groups is 1. The molecule has 4 saturated carbocycles. The zero-order chi connectivity index (χ0) is 28.3. The summed E-state index contributed by atoms with van der Waals surface area (Å²) in [5, 5.41) is 36.7. The first kappa shape index (κ1) is 28.7. The third-order valence-electron chi connectivity index (χ3n) is 12.6. The number of carbonyl (C=O) groups excluding carboxylic acids is 3. The molecule has 3 amide bonds. The molecule has 4 aliphatic carbocycles. The van der Waals surface area contributed by atoms with Crippen molar-refractivity contribution in [2.45, 2.75) is 104 Å². The third kappa shape index (κ3) is 4.49. The fraction of sp³-hybridized carbons (Fsp3) is 0.839. The van der Waals surface area contributed by atoms with Crippen LogP contribution in [0.25, 0.3) is 0 Å². The van der Waals surface area contributed by atoms with E-state index in [-0.39, 0.29) is 76.8 Å². The van der Waals surface area contributed by atoms with E-state index in [1.54, 1.807) is 0 Å². The van der Waals surface area contributed by atoms with Crippen molar-refractivity contribution in [1.29, 1.82) is 0 Å². The fourth-order valence-corrected chi connectivity index (χ4v) is 10.4. The van der Waals surface area contributed by atoms with Crippen molar-refractivity contribution in [3.05, 3.63) is 12.2 Å². The minimum atomic E-state index is -0.455. The van der Waals surface area contributed by atoms with Crippen molar-refractivity contribution in [3.63, 3.8) is 0 Å². The smallest absolute Gasteiger partial charge is 0.253 e. The predicted octanol–water partition coefficient (Wildman–Crippen LogP) is 2.80. The zero-order valence-corrected chi connectivity index (χ0v) is 24.1. The standard InChI is InChI=1S/C31H48N2O6/c1-18(5-8-26(37)32-13-14-33-27(38)9-10-28(33)39)21-6-7-22-30(21,3)25(36)17-23-29(2)12-11-20(34)15-19(29)16-24(35)31(22,23)4/h9-10,18-25,34-36H,5-8,11-17H2,1-4H3,(H,32,37)/t18-,19+,20-,21-,22-,23-,24-,25+,29+,30-,31+/m1/s1. The van der Waals surface area contributed by atoms with E-state index in [2.05, 4.69) is 33.0 Å². The summed E-state index contributed by atoms with van der Waals surface area (Å²) in [5.41, 5.74) is -0.562. The molecule has 1 heterocycles. The van der Waals surface area contributed by atoms with Crippen LogP contribution >= 0.6 is 0 Å². The number of rotatable bonds is 7. The highest BCUT2D eigenvalue weighted by Gasteiger charge is 2.70. The molecule has 5 aliphatic rings. The van der Waals surface area contributed by atoms with Crippen LogP contribution in [-0.2, 0) is 14.4 Å².